The highest BCUT2D eigenvalue weighted by molar-refractivity contribution is 5.56. The van der Waals surface area contributed by atoms with Gasteiger partial charge in [0.25, 0.3) is 0 Å². The summed E-state index contributed by atoms with van der Waals surface area (Å²) < 4.78 is 1.97. The van der Waals surface area contributed by atoms with E-state index in [0.29, 0.717) is 0 Å². The molecule has 0 unspecified atom stereocenters. The molecule has 1 N–H and O–H groups in total. The largest absolute Gasteiger partial charge is 0.334 e. The first-order chi connectivity index (χ1) is 5.79. The van der Waals surface area contributed by atoms with Gasteiger partial charge in [-0.15, -0.1) is 0 Å². The van der Waals surface area contributed by atoms with Gasteiger partial charge in [0.05, 0.1) is 11.8 Å². The normalized spacial score (nSPS) is 10.5. The van der Waals surface area contributed by atoms with Crippen LogP contribution in [0.3, 0.4) is 0 Å². The predicted octanol–water partition coefficient (Wildman–Crippen LogP) is 1.12. The molecule has 0 amide bonds. The zero-order valence-electron chi connectivity index (χ0n) is 7.07. The third-order valence-electron chi connectivity index (χ3n) is 1.89. The summed E-state index contributed by atoms with van der Waals surface area (Å²) in [6, 6.07) is 0. The molecule has 0 bridgehead atoms. The molecule has 62 valence electrons. The van der Waals surface area contributed by atoms with Crippen LogP contribution in [0.25, 0.3) is 11.4 Å². The molecule has 0 aliphatic carbocycles. The number of hydrogen-bond acceptors (Lipinski definition) is 2. The summed E-state index contributed by atoms with van der Waals surface area (Å²) in [5.41, 5.74) is 2.10. The second-order valence-corrected chi connectivity index (χ2v) is 2.77. The molecule has 0 fully saturated rings. The number of imidazole rings is 1. The minimum absolute atomic E-state index is 0.946. The van der Waals surface area contributed by atoms with E-state index in [2.05, 4.69) is 15.2 Å². The minimum Gasteiger partial charge on any atom is -0.334 e. The lowest BCUT2D eigenvalue weighted by molar-refractivity contribution is 0.923. The van der Waals surface area contributed by atoms with Crippen molar-refractivity contribution in [2.24, 2.45) is 7.05 Å². The number of nitrogens with zero attached hydrogens (tertiary/aromatic N) is 3. The fourth-order valence-corrected chi connectivity index (χ4v) is 1.20. The van der Waals surface area contributed by atoms with Crippen LogP contribution < -0.4 is 0 Å². The lowest BCUT2D eigenvalue weighted by Gasteiger charge is -1.97. The Morgan fingerprint density at radius 3 is 2.83 bits per heavy atom. The summed E-state index contributed by atoms with van der Waals surface area (Å²) in [6.45, 7) is 1.98. The van der Waals surface area contributed by atoms with E-state index in [4.69, 9.17) is 0 Å². The summed E-state index contributed by atoms with van der Waals surface area (Å²) in [5, 5.41) is 6.82. The molecule has 4 nitrogen and oxygen atoms in total. The van der Waals surface area contributed by atoms with Crippen LogP contribution in [-0.2, 0) is 7.05 Å². The van der Waals surface area contributed by atoms with Crippen molar-refractivity contribution in [3.05, 3.63) is 24.3 Å². The molecule has 0 aromatic carbocycles. The maximum Gasteiger partial charge on any atom is 0.143 e. The Kier molecular flexibility index (Phi) is 1.46. The molecule has 0 aliphatic heterocycles. The molecule has 0 radical (unpaired) electrons. The lowest BCUT2D eigenvalue weighted by Crippen LogP contribution is -1.91. The Morgan fingerprint density at radius 1 is 1.50 bits per heavy atom. The van der Waals surface area contributed by atoms with Crippen molar-refractivity contribution in [3.63, 3.8) is 0 Å². The van der Waals surface area contributed by atoms with Crippen LogP contribution in [0.1, 0.15) is 5.69 Å². The molecule has 2 heterocycles. The molecule has 0 saturated heterocycles. The van der Waals surface area contributed by atoms with Gasteiger partial charge >= 0.3 is 0 Å². The molecular weight excluding hydrogens is 152 g/mol. The molecule has 2 rings (SSSR count). The summed E-state index contributed by atoms with van der Waals surface area (Å²) in [7, 11) is 1.97. The van der Waals surface area contributed by atoms with Crippen LogP contribution in [-0.4, -0.2) is 19.7 Å². The Bertz CT molecular complexity index is 347. The van der Waals surface area contributed by atoms with Crippen molar-refractivity contribution in [1.82, 2.24) is 19.7 Å². The van der Waals surface area contributed by atoms with Crippen molar-refractivity contribution >= 4 is 0 Å². The van der Waals surface area contributed by atoms with Crippen LogP contribution in [0.5, 0.6) is 0 Å². The van der Waals surface area contributed by atoms with Crippen LogP contribution in [0.15, 0.2) is 18.6 Å². The summed E-state index contributed by atoms with van der Waals surface area (Å²) in [6.07, 6.45) is 5.49. The Balaban J connectivity index is 2.57. The van der Waals surface area contributed by atoms with E-state index >= 15 is 0 Å². The van der Waals surface area contributed by atoms with Gasteiger partial charge in [0.1, 0.15) is 5.82 Å². The van der Waals surface area contributed by atoms with E-state index in [-0.39, 0.29) is 0 Å². The highest BCUT2D eigenvalue weighted by Gasteiger charge is 2.06. The lowest BCUT2D eigenvalue weighted by atomic mass is 10.2. The van der Waals surface area contributed by atoms with Crippen LogP contribution in [0.2, 0.25) is 0 Å². The number of nitrogens with one attached hydrogen (secondary N) is 1. The average Bonchev–Trinajstić information content (AvgIpc) is 2.59. The van der Waals surface area contributed by atoms with Gasteiger partial charge in [0.2, 0.25) is 0 Å². The third-order valence-corrected chi connectivity index (χ3v) is 1.89. The van der Waals surface area contributed by atoms with E-state index in [9.17, 15) is 0 Å². The first kappa shape index (κ1) is 7.09. The summed E-state index contributed by atoms with van der Waals surface area (Å²) in [5.74, 6) is 0.946. The fraction of sp³-hybridized carbons (Fsp3) is 0.250. The number of aromatic nitrogens is 4. The fourth-order valence-electron chi connectivity index (χ4n) is 1.20. The number of aryl methyl sites for hydroxylation is 2. The standard InChI is InChI=1S/C8H10N4/c1-6-7(5-10-11-6)8-9-3-4-12(8)2/h3-5H,1-2H3,(H,10,11). The van der Waals surface area contributed by atoms with Crippen LogP contribution in [0, 0.1) is 6.92 Å². The van der Waals surface area contributed by atoms with E-state index < -0.39 is 0 Å². The Labute approximate surface area is 70.3 Å². The SMILES string of the molecule is Cc1[nH]ncc1-c1nccn1C. The molecule has 2 aromatic rings. The van der Waals surface area contributed by atoms with Gasteiger partial charge in [-0.2, -0.15) is 5.10 Å². The van der Waals surface area contributed by atoms with Gasteiger partial charge in [0, 0.05) is 25.1 Å². The number of H-pyrrole nitrogens is 1. The molecule has 0 spiro atoms. The molecular formula is C8H10N4. The van der Waals surface area contributed by atoms with Gasteiger partial charge in [-0.3, -0.25) is 5.10 Å². The van der Waals surface area contributed by atoms with E-state index in [0.717, 1.165) is 17.1 Å². The molecule has 0 saturated carbocycles. The molecule has 4 heteroatoms. The van der Waals surface area contributed by atoms with Crippen molar-refractivity contribution in [1.29, 1.82) is 0 Å². The first-order valence-corrected chi connectivity index (χ1v) is 3.76. The predicted molar refractivity (Wildman–Crippen MR) is 45.5 cm³/mol. The zero-order chi connectivity index (χ0) is 8.55. The van der Waals surface area contributed by atoms with E-state index in [1.807, 2.05) is 24.7 Å². The maximum atomic E-state index is 4.22. The van der Waals surface area contributed by atoms with Gasteiger partial charge in [-0.1, -0.05) is 0 Å². The topological polar surface area (TPSA) is 46.5 Å². The highest BCUT2D eigenvalue weighted by atomic mass is 15.1. The molecule has 2 aromatic heterocycles. The second-order valence-electron chi connectivity index (χ2n) is 2.77. The molecule has 0 aliphatic rings. The smallest absolute Gasteiger partial charge is 0.143 e. The van der Waals surface area contributed by atoms with Crippen molar-refractivity contribution in [2.45, 2.75) is 6.92 Å². The quantitative estimate of drug-likeness (QED) is 0.683. The summed E-state index contributed by atoms with van der Waals surface area (Å²) >= 11 is 0. The minimum atomic E-state index is 0.946. The van der Waals surface area contributed by atoms with Gasteiger partial charge in [0.15, 0.2) is 0 Å². The highest BCUT2D eigenvalue weighted by Crippen LogP contribution is 2.17. The zero-order valence-corrected chi connectivity index (χ0v) is 7.07. The van der Waals surface area contributed by atoms with Crippen LogP contribution >= 0.6 is 0 Å². The number of rotatable bonds is 1. The second kappa shape index (κ2) is 2.48. The van der Waals surface area contributed by atoms with Crippen LogP contribution in [0.4, 0.5) is 0 Å². The Hall–Kier alpha value is -1.58. The van der Waals surface area contributed by atoms with Crippen molar-refractivity contribution in [2.75, 3.05) is 0 Å². The van der Waals surface area contributed by atoms with Crippen molar-refractivity contribution < 1.29 is 0 Å². The van der Waals surface area contributed by atoms with Gasteiger partial charge in [-0.05, 0) is 6.92 Å². The van der Waals surface area contributed by atoms with Gasteiger partial charge in [-0.25, -0.2) is 4.98 Å². The summed E-state index contributed by atoms with van der Waals surface area (Å²) in [4.78, 5) is 4.22. The van der Waals surface area contributed by atoms with Gasteiger partial charge < -0.3 is 4.57 Å². The molecule has 0 atom stereocenters. The maximum absolute atomic E-state index is 4.22. The van der Waals surface area contributed by atoms with E-state index in [1.165, 1.54) is 0 Å². The Morgan fingerprint density at radius 2 is 2.33 bits per heavy atom. The monoisotopic (exact) mass is 162 g/mol. The number of aromatic amines is 1. The average molecular weight is 162 g/mol. The van der Waals surface area contributed by atoms with E-state index in [1.54, 1.807) is 12.4 Å². The molecule has 12 heavy (non-hydrogen) atoms. The number of hydrogen-bond donors (Lipinski definition) is 1. The third kappa shape index (κ3) is 0.922. The first-order valence-electron chi connectivity index (χ1n) is 3.76. The van der Waals surface area contributed by atoms with Crippen molar-refractivity contribution in [3.8, 4) is 11.4 Å².